The van der Waals surface area contributed by atoms with Gasteiger partial charge < -0.3 is 13.9 Å². The van der Waals surface area contributed by atoms with Crippen molar-refractivity contribution in [3.8, 4) is 22.8 Å². The molecule has 23 heavy (non-hydrogen) atoms. The molecule has 0 atom stereocenters. The van der Waals surface area contributed by atoms with Crippen molar-refractivity contribution in [2.45, 2.75) is 13.8 Å². The molecule has 1 aromatic heterocycles. The number of esters is 2. The number of benzene rings is 2. The summed E-state index contributed by atoms with van der Waals surface area (Å²) in [5.41, 5.74) is 1.39. The molecule has 3 rings (SSSR count). The van der Waals surface area contributed by atoms with Crippen molar-refractivity contribution in [2.24, 2.45) is 0 Å². The van der Waals surface area contributed by atoms with Gasteiger partial charge in [0, 0.05) is 30.9 Å². The molecule has 0 saturated carbocycles. The predicted octanol–water partition coefficient (Wildman–Crippen LogP) is 3.95. The Kier molecular flexibility index (Phi) is 3.85. The summed E-state index contributed by atoms with van der Waals surface area (Å²) < 4.78 is 16.0. The SMILES string of the molecule is CC(=O)Oc1cc(OC(C)=O)cc(-c2cc3ccccc3o2)c1. The van der Waals surface area contributed by atoms with Crippen molar-refractivity contribution >= 4 is 22.9 Å². The molecule has 0 bridgehead atoms. The Morgan fingerprint density at radius 1 is 0.870 bits per heavy atom. The Bertz CT molecular complexity index is 824. The number of hydrogen-bond donors (Lipinski definition) is 0. The topological polar surface area (TPSA) is 65.7 Å². The molecule has 0 unspecified atom stereocenters. The van der Waals surface area contributed by atoms with E-state index in [0.717, 1.165) is 11.0 Å². The molecule has 3 aromatic rings. The van der Waals surface area contributed by atoms with E-state index in [1.54, 1.807) is 12.1 Å². The Balaban J connectivity index is 2.08. The number of ether oxygens (including phenoxy) is 2. The summed E-state index contributed by atoms with van der Waals surface area (Å²) in [6.45, 7) is 2.61. The predicted molar refractivity (Wildman–Crippen MR) is 84.3 cm³/mol. The summed E-state index contributed by atoms with van der Waals surface area (Å²) in [5, 5.41) is 0.953. The maximum atomic E-state index is 11.2. The van der Waals surface area contributed by atoms with E-state index in [1.807, 2.05) is 30.3 Å². The summed E-state index contributed by atoms with van der Waals surface area (Å²) in [6.07, 6.45) is 0. The van der Waals surface area contributed by atoms with Crippen LogP contribution in [0.5, 0.6) is 11.5 Å². The first-order valence-electron chi connectivity index (χ1n) is 7.02. The summed E-state index contributed by atoms with van der Waals surface area (Å²) in [6, 6.07) is 14.3. The number of carbonyl (C=O) groups is 2. The Hall–Kier alpha value is -3.08. The monoisotopic (exact) mass is 310 g/mol. The van der Waals surface area contributed by atoms with Crippen LogP contribution < -0.4 is 9.47 Å². The third-order valence-corrected chi connectivity index (χ3v) is 3.11. The molecule has 1 heterocycles. The van der Waals surface area contributed by atoms with Crippen molar-refractivity contribution in [3.63, 3.8) is 0 Å². The van der Waals surface area contributed by atoms with Gasteiger partial charge in [-0.1, -0.05) is 18.2 Å². The molecular weight excluding hydrogens is 296 g/mol. The van der Waals surface area contributed by atoms with Crippen LogP contribution in [0.1, 0.15) is 13.8 Å². The number of furan rings is 1. The van der Waals surface area contributed by atoms with Crippen molar-refractivity contribution in [2.75, 3.05) is 0 Å². The zero-order valence-electron chi connectivity index (χ0n) is 12.7. The summed E-state index contributed by atoms with van der Waals surface area (Å²) in [4.78, 5) is 22.4. The maximum Gasteiger partial charge on any atom is 0.308 e. The molecule has 2 aromatic carbocycles. The van der Waals surface area contributed by atoms with Crippen LogP contribution in [-0.2, 0) is 9.59 Å². The van der Waals surface area contributed by atoms with Crippen LogP contribution in [0.15, 0.2) is 52.9 Å². The lowest BCUT2D eigenvalue weighted by molar-refractivity contribution is -0.132. The summed E-state index contributed by atoms with van der Waals surface area (Å²) in [5.74, 6) is 0.244. The van der Waals surface area contributed by atoms with Crippen LogP contribution in [0, 0.1) is 0 Å². The third kappa shape index (κ3) is 3.40. The fraction of sp³-hybridized carbons (Fsp3) is 0.111. The normalized spacial score (nSPS) is 10.5. The van der Waals surface area contributed by atoms with E-state index in [4.69, 9.17) is 13.9 Å². The second-order valence-electron chi connectivity index (χ2n) is 5.03. The summed E-state index contributed by atoms with van der Waals surface area (Å²) >= 11 is 0. The van der Waals surface area contributed by atoms with Crippen LogP contribution in [0.4, 0.5) is 0 Å². The molecule has 5 heteroatoms. The molecular formula is C18H14O5. The highest BCUT2D eigenvalue weighted by molar-refractivity contribution is 5.83. The average Bonchev–Trinajstić information content (AvgIpc) is 2.89. The van der Waals surface area contributed by atoms with Gasteiger partial charge in [0.1, 0.15) is 22.8 Å². The van der Waals surface area contributed by atoms with E-state index < -0.39 is 11.9 Å². The minimum Gasteiger partial charge on any atom is -0.456 e. The maximum absolute atomic E-state index is 11.2. The van der Waals surface area contributed by atoms with Gasteiger partial charge in [-0.3, -0.25) is 9.59 Å². The highest BCUT2D eigenvalue weighted by atomic mass is 16.5. The lowest BCUT2D eigenvalue weighted by atomic mass is 10.1. The van der Waals surface area contributed by atoms with Gasteiger partial charge in [0.05, 0.1) is 0 Å². The molecule has 0 aliphatic heterocycles. The first kappa shape index (κ1) is 14.8. The average molecular weight is 310 g/mol. The van der Waals surface area contributed by atoms with Crippen molar-refractivity contribution in [1.29, 1.82) is 0 Å². The van der Waals surface area contributed by atoms with Gasteiger partial charge in [0.2, 0.25) is 0 Å². The second-order valence-corrected chi connectivity index (χ2v) is 5.03. The van der Waals surface area contributed by atoms with Crippen LogP contribution >= 0.6 is 0 Å². The molecule has 0 saturated heterocycles. The van der Waals surface area contributed by atoms with Crippen LogP contribution in [0.2, 0.25) is 0 Å². The lowest BCUT2D eigenvalue weighted by Crippen LogP contribution is -2.04. The van der Waals surface area contributed by atoms with Crippen LogP contribution in [-0.4, -0.2) is 11.9 Å². The van der Waals surface area contributed by atoms with Crippen molar-refractivity contribution in [1.82, 2.24) is 0 Å². The number of rotatable bonds is 3. The zero-order chi connectivity index (χ0) is 16.4. The molecule has 0 aliphatic rings. The molecule has 0 N–H and O–H groups in total. The minimum atomic E-state index is -0.458. The fourth-order valence-electron chi connectivity index (χ4n) is 2.29. The smallest absolute Gasteiger partial charge is 0.308 e. The third-order valence-electron chi connectivity index (χ3n) is 3.11. The van der Waals surface area contributed by atoms with Crippen molar-refractivity contribution in [3.05, 3.63) is 48.5 Å². The van der Waals surface area contributed by atoms with E-state index in [9.17, 15) is 9.59 Å². The highest BCUT2D eigenvalue weighted by Crippen LogP contribution is 2.33. The molecule has 116 valence electrons. The van der Waals surface area contributed by atoms with E-state index in [2.05, 4.69) is 0 Å². The van der Waals surface area contributed by atoms with Crippen LogP contribution in [0.25, 0.3) is 22.3 Å². The number of para-hydroxylation sites is 1. The van der Waals surface area contributed by atoms with Gasteiger partial charge >= 0.3 is 11.9 Å². The molecule has 0 aliphatic carbocycles. The van der Waals surface area contributed by atoms with Gasteiger partial charge in [-0.25, -0.2) is 0 Å². The van der Waals surface area contributed by atoms with Gasteiger partial charge in [0.25, 0.3) is 0 Å². The van der Waals surface area contributed by atoms with Gasteiger partial charge in [-0.05, 0) is 24.3 Å². The van der Waals surface area contributed by atoms with Gasteiger partial charge in [-0.2, -0.15) is 0 Å². The molecule has 0 radical (unpaired) electrons. The van der Waals surface area contributed by atoms with E-state index >= 15 is 0 Å². The minimum absolute atomic E-state index is 0.284. The van der Waals surface area contributed by atoms with Crippen LogP contribution in [0.3, 0.4) is 0 Å². The first-order valence-corrected chi connectivity index (χ1v) is 7.02. The Morgan fingerprint density at radius 2 is 1.48 bits per heavy atom. The highest BCUT2D eigenvalue weighted by Gasteiger charge is 2.12. The lowest BCUT2D eigenvalue weighted by Gasteiger charge is -2.07. The molecule has 5 nitrogen and oxygen atoms in total. The first-order chi connectivity index (χ1) is 11.0. The van der Waals surface area contributed by atoms with Gasteiger partial charge in [-0.15, -0.1) is 0 Å². The number of hydrogen-bond acceptors (Lipinski definition) is 5. The van der Waals surface area contributed by atoms with E-state index in [1.165, 1.54) is 19.9 Å². The zero-order valence-corrected chi connectivity index (χ0v) is 12.7. The van der Waals surface area contributed by atoms with E-state index in [-0.39, 0.29) is 11.5 Å². The fourth-order valence-corrected chi connectivity index (χ4v) is 2.29. The molecule has 0 spiro atoms. The Labute approximate surface area is 132 Å². The summed E-state index contributed by atoms with van der Waals surface area (Å²) in [7, 11) is 0. The number of fused-ring (bicyclic) bond motifs is 1. The second kappa shape index (κ2) is 5.96. The van der Waals surface area contributed by atoms with Crippen molar-refractivity contribution < 1.29 is 23.5 Å². The standard InChI is InChI=1S/C18H14O5/c1-11(19)21-15-7-14(8-16(10-15)22-12(2)20)18-9-13-5-3-4-6-17(13)23-18/h3-10H,1-2H3. The number of carbonyl (C=O) groups excluding carboxylic acids is 2. The quantitative estimate of drug-likeness (QED) is 0.541. The van der Waals surface area contributed by atoms with E-state index in [0.29, 0.717) is 11.3 Å². The Morgan fingerprint density at radius 3 is 2.04 bits per heavy atom. The molecule has 0 amide bonds. The van der Waals surface area contributed by atoms with Gasteiger partial charge in [0.15, 0.2) is 0 Å². The largest absolute Gasteiger partial charge is 0.456 e. The molecule has 0 fully saturated rings.